The fraction of sp³-hybridized carbons (Fsp3) is 0.0625. The number of rotatable bonds is 1. The Morgan fingerprint density at radius 1 is 1.06 bits per heavy atom. The molecule has 0 aliphatic rings. The van der Waals surface area contributed by atoms with Gasteiger partial charge in [-0.3, -0.25) is 0 Å². The number of hydrogen-bond acceptors (Lipinski definition) is 2. The minimum Gasteiger partial charge on any atom is -0.455 e. The zero-order valence-corrected chi connectivity index (χ0v) is 9.97. The van der Waals surface area contributed by atoms with Crippen molar-refractivity contribution >= 4 is 11.0 Å². The van der Waals surface area contributed by atoms with Gasteiger partial charge < -0.3 is 4.42 Å². The predicted molar refractivity (Wildman–Crippen MR) is 71.1 cm³/mol. The van der Waals surface area contributed by atoms with Crippen LogP contribution in [-0.4, -0.2) is 0 Å². The zero-order chi connectivity index (χ0) is 12.5. The summed E-state index contributed by atoms with van der Waals surface area (Å²) in [4.78, 5) is 0. The molecular weight excluding hydrogens is 222 g/mol. The zero-order valence-electron chi connectivity index (χ0n) is 9.97. The lowest BCUT2D eigenvalue weighted by Crippen LogP contribution is -1.78. The SMILES string of the molecule is Cc1ccc2c(C#N)c(-c3ccccc3)oc2c1. The van der Waals surface area contributed by atoms with Gasteiger partial charge in [0.15, 0.2) is 5.76 Å². The minimum atomic E-state index is 0.608. The van der Waals surface area contributed by atoms with Gasteiger partial charge in [0.1, 0.15) is 17.2 Å². The fourth-order valence-electron chi connectivity index (χ4n) is 2.11. The quantitative estimate of drug-likeness (QED) is 0.629. The van der Waals surface area contributed by atoms with Gasteiger partial charge in [-0.25, -0.2) is 0 Å². The van der Waals surface area contributed by atoms with Crippen molar-refractivity contribution in [3.8, 4) is 17.4 Å². The summed E-state index contributed by atoms with van der Waals surface area (Å²) in [7, 11) is 0. The van der Waals surface area contributed by atoms with Crippen LogP contribution in [0, 0.1) is 18.3 Å². The molecule has 1 aromatic heterocycles. The Morgan fingerprint density at radius 3 is 2.56 bits per heavy atom. The van der Waals surface area contributed by atoms with E-state index in [1.807, 2.05) is 55.5 Å². The first-order valence-corrected chi connectivity index (χ1v) is 5.78. The molecule has 86 valence electrons. The van der Waals surface area contributed by atoms with Crippen molar-refractivity contribution < 1.29 is 4.42 Å². The van der Waals surface area contributed by atoms with Crippen LogP contribution < -0.4 is 0 Å². The summed E-state index contributed by atoms with van der Waals surface area (Å²) in [5.41, 5.74) is 3.44. The highest BCUT2D eigenvalue weighted by Gasteiger charge is 2.15. The largest absolute Gasteiger partial charge is 0.455 e. The van der Waals surface area contributed by atoms with E-state index in [0.29, 0.717) is 11.3 Å². The molecular formula is C16H11NO. The molecule has 0 amide bonds. The number of aryl methyl sites for hydroxylation is 1. The fourth-order valence-corrected chi connectivity index (χ4v) is 2.11. The third-order valence-corrected chi connectivity index (χ3v) is 2.99. The second-order valence-electron chi connectivity index (χ2n) is 4.28. The van der Waals surface area contributed by atoms with Crippen LogP contribution in [0.1, 0.15) is 11.1 Å². The Labute approximate surface area is 105 Å². The first-order valence-electron chi connectivity index (χ1n) is 5.78. The van der Waals surface area contributed by atoms with Gasteiger partial charge in [-0.15, -0.1) is 0 Å². The number of nitriles is 1. The molecule has 2 nitrogen and oxygen atoms in total. The van der Waals surface area contributed by atoms with Crippen molar-refractivity contribution in [3.05, 3.63) is 59.7 Å². The number of fused-ring (bicyclic) bond motifs is 1. The molecule has 0 atom stereocenters. The van der Waals surface area contributed by atoms with Gasteiger partial charge in [-0.1, -0.05) is 36.4 Å². The number of nitrogens with zero attached hydrogens (tertiary/aromatic N) is 1. The van der Waals surface area contributed by atoms with Crippen molar-refractivity contribution in [1.29, 1.82) is 5.26 Å². The predicted octanol–water partition coefficient (Wildman–Crippen LogP) is 4.28. The molecule has 0 bridgehead atoms. The Balaban J connectivity index is 2.34. The topological polar surface area (TPSA) is 36.9 Å². The van der Waals surface area contributed by atoms with Crippen LogP contribution in [0.4, 0.5) is 0 Å². The molecule has 0 aliphatic heterocycles. The summed E-state index contributed by atoms with van der Waals surface area (Å²) in [5, 5.41) is 10.2. The number of furan rings is 1. The van der Waals surface area contributed by atoms with Gasteiger partial charge in [0.05, 0.1) is 0 Å². The van der Waals surface area contributed by atoms with E-state index in [9.17, 15) is 5.26 Å². The maximum atomic E-state index is 9.33. The summed E-state index contributed by atoms with van der Waals surface area (Å²) in [5.74, 6) is 0.652. The lowest BCUT2D eigenvalue weighted by molar-refractivity contribution is 0.630. The molecule has 2 aromatic carbocycles. The van der Waals surface area contributed by atoms with E-state index >= 15 is 0 Å². The van der Waals surface area contributed by atoms with Gasteiger partial charge in [-0.2, -0.15) is 5.26 Å². The van der Waals surface area contributed by atoms with E-state index < -0.39 is 0 Å². The highest BCUT2D eigenvalue weighted by molar-refractivity contribution is 5.91. The minimum absolute atomic E-state index is 0.608. The highest BCUT2D eigenvalue weighted by Crippen LogP contribution is 2.33. The van der Waals surface area contributed by atoms with Gasteiger partial charge in [0.25, 0.3) is 0 Å². The Morgan fingerprint density at radius 2 is 1.83 bits per heavy atom. The van der Waals surface area contributed by atoms with Crippen LogP contribution >= 0.6 is 0 Å². The Bertz CT molecular complexity index is 748. The van der Waals surface area contributed by atoms with Crippen molar-refractivity contribution in [2.24, 2.45) is 0 Å². The first kappa shape index (κ1) is 10.6. The average molecular weight is 233 g/mol. The maximum absolute atomic E-state index is 9.33. The van der Waals surface area contributed by atoms with E-state index in [0.717, 1.165) is 22.1 Å². The lowest BCUT2D eigenvalue weighted by Gasteiger charge is -1.95. The van der Waals surface area contributed by atoms with Crippen molar-refractivity contribution in [1.82, 2.24) is 0 Å². The summed E-state index contributed by atoms with van der Waals surface area (Å²) in [6.45, 7) is 2.01. The summed E-state index contributed by atoms with van der Waals surface area (Å²) < 4.78 is 5.83. The normalized spacial score (nSPS) is 10.4. The molecule has 0 unspecified atom stereocenters. The maximum Gasteiger partial charge on any atom is 0.153 e. The average Bonchev–Trinajstić information content (AvgIpc) is 2.77. The van der Waals surface area contributed by atoms with E-state index in [1.165, 1.54) is 0 Å². The van der Waals surface area contributed by atoms with E-state index in [-0.39, 0.29) is 0 Å². The summed E-state index contributed by atoms with van der Waals surface area (Å²) in [6.07, 6.45) is 0. The Hall–Kier alpha value is -2.53. The van der Waals surface area contributed by atoms with Crippen LogP contribution in [0.25, 0.3) is 22.3 Å². The van der Waals surface area contributed by atoms with Gasteiger partial charge in [0.2, 0.25) is 0 Å². The standard InChI is InChI=1S/C16H11NO/c1-11-7-8-13-14(10-17)16(18-15(13)9-11)12-5-3-2-4-6-12/h2-9H,1H3. The molecule has 0 aliphatic carbocycles. The van der Waals surface area contributed by atoms with Crippen molar-refractivity contribution in [2.75, 3.05) is 0 Å². The van der Waals surface area contributed by atoms with Gasteiger partial charge >= 0.3 is 0 Å². The van der Waals surface area contributed by atoms with Crippen LogP contribution in [-0.2, 0) is 0 Å². The summed E-state index contributed by atoms with van der Waals surface area (Å²) in [6, 6.07) is 17.9. The van der Waals surface area contributed by atoms with E-state index in [4.69, 9.17) is 4.42 Å². The van der Waals surface area contributed by atoms with Crippen LogP contribution in [0.5, 0.6) is 0 Å². The molecule has 0 saturated carbocycles. The molecule has 3 aromatic rings. The molecule has 0 saturated heterocycles. The highest BCUT2D eigenvalue weighted by atomic mass is 16.3. The molecule has 0 radical (unpaired) electrons. The van der Waals surface area contributed by atoms with Gasteiger partial charge in [0, 0.05) is 10.9 Å². The van der Waals surface area contributed by atoms with Crippen LogP contribution in [0.3, 0.4) is 0 Å². The molecule has 3 rings (SSSR count). The molecule has 0 spiro atoms. The van der Waals surface area contributed by atoms with Crippen LogP contribution in [0.2, 0.25) is 0 Å². The van der Waals surface area contributed by atoms with E-state index in [2.05, 4.69) is 6.07 Å². The molecule has 0 N–H and O–H groups in total. The molecule has 0 fully saturated rings. The molecule has 18 heavy (non-hydrogen) atoms. The monoisotopic (exact) mass is 233 g/mol. The van der Waals surface area contributed by atoms with Crippen molar-refractivity contribution in [3.63, 3.8) is 0 Å². The lowest BCUT2D eigenvalue weighted by atomic mass is 10.1. The molecule has 1 heterocycles. The van der Waals surface area contributed by atoms with E-state index in [1.54, 1.807) is 0 Å². The second-order valence-corrected chi connectivity index (χ2v) is 4.28. The number of hydrogen-bond donors (Lipinski definition) is 0. The number of benzene rings is 2. The first-order chi connectivity index (χ1) is 8.79. The second kappa shape index (κ2) is 4.05. The molecule has 2 heteroatoms. The summed E-state index contributed by atoms with van der Waals surface area (Å²) >= 11 is 0. The smallest absolute Gasteiger partial charge is 0.153 e. The van der Waals surface area contributed by atoms with Crippen molar-refractivity contribution in [2.45, 2.75) is 6.92 Å². The Kier molecular flexibility index (Phi) is 2.39. The third kappa shape index (κ3) is 1.57. The van der Waals surface area contributed by atoms with Crippen LogP contribution in [0.15, 0.2) is 52.9 Å². The van der Waals surface area contributed by atoms with Gasteiger partial charge in [-0.05, 0) is 24.6 Å². The third-order valence-electron chi connectivity index (χ3n) is 2.99.